The van der Waals surface area contributed by atoms with Crippen molar-refractivity contribution < 1.29 is 9.90 Å². The third kappa shape index (κ3) is 19.7. The van der Waals surface area contributed by atoms with E-state index in [2.05, 4.69) is 38.2 Å². The van der Waals surface area contributed by atoms with Gasteiger partial charge in [-0.15, -0.1) is 0 Å². The van der Waals surface area contributed by atoms with Crippen molar-refractivity contribution in [2.24, 2.45) is 5.92 Å². The van der Waals surface area contributed by atoms with Crippen molar-refractivity contribution in [3.63, 3.8) is 0 Å². The normalized spacial score (nSPS) is 12.8. The fraction of sp³-hybridized carbons (Fsp3) is 0.875. The van der Waals surface area contributed by atoms with Gasteiger partial charge in [0.15, 0.2) is 0 Å². The van der Waals surface area contributed by atoms with Gasteiger partial charge < -0.3 is 10.4 Å². The summed E-state index contributed by atoms with van der Waals surface area (Å²) in [6.45, 7) is 6.52. The summed E-state index contributed by atoms with van der Waals surface area (Å²) in [6, 6.07) is -0.0828. The first-order valence-corrected chi connectivity index (χ1v) is 11.6. The molecule has 0 aliphatic heterocycles. The minimum atomic E-state index is -0.0828. The molecule has 0 aromatic heterocycles. The molecular weight excluding hydrogens is 334 g/mol. The molecule has 2 N–H and O–H groups in total. The van der Waals surface area contributed by atoms with Crippen LogP contribution >= 0.6 is 0 Å². The standard InChI is InChI=1S/C24H47NO2/c1-4-5-6-7-8-9-10-11-12-13-14-15-16-17-18-19-24(27)25-23(21-26)20-22(2)3/h11-12,22-23,26H,4-10,13-21H2,1-3H3,(H,25,27). The highest BCUT2D eigenvalue weighted by molar-refractivity contribution is 5.76. The number of nitrogens with one attached hydrogen (secondary N) is 1. The van der Waals surface area contributed by atoms with E-state index in [9.17, 15) is 9.90 Å². The van der Waals surface area contributed by atoms with Crippen LogP contribution in [0.5, 0.6) is 0 Å². The number of hydrogen-bond donors (Lipinski definition) is 2. The highest BCUT2D eigenvalue weighted by Crippen LogP contribution is 2.10. The first-order chi connectivity index (χ1) is 13.1. The summed E-state index contributed by atoms with van der Waals surface area (Å²) in [5.74, 6) is 0.578. The number of carbonyl (C=O) groups is 1. The van der Waals surface area contributed by atoms with Crippen molar-refractivity contribution in [2.45, 2.75) is 123 Å². The van der Waals surface area contributed by atoms with Crippen molar-refractivity contribution in [1.82, 2.24) is 5.32 Å². The van der Waals surface area contributed by atoms with Gasteiger partial charge in [0.2, 0.25) is 5.91 Å². The second-order valence-electron chi connectivity index (χ2n) is 8.41. The molecule has 1 amide bonds. The highest BCUT2D eigenvalue weighted by atomic mass is 16.3. The summed E-state index contributed by atoms with van der Waals surface area (Å²) >= 11 is 0. The van der Waals surface area contributed by atoms with Crippen LogP contribution in [-0.4, -0.2) is 23.7 Å². The van der Waals surface area contributed by atoms with Crippen molar-refractivity contribution >= 4 is 5.91 Å². The molecule has 0 bridgehead atoms. The number of allylic oxidation sites excluding steroid dienone is 2. The lowest BCUT2D eigenvalue weighted by Gasteiger charge is -2.18. The minimum Gasteiger partial charge on any atom is -0.394 e. The Bertz CT molecular complexity index is 352. The maximum absolute atomic E-state index is 11.9. The van der Waals surface area contributed by atoms with Crippen molar-refractivity contribution in [2.75, 3.05) is 6.61 Å². The second kappa shape index (κ2) is 19.9. The summed E-state index contributed by atoms with van der Waals surface area (Å²) in [4.78, 5) is 11.9. The molecule has 1 unspecified atom stereocenters. The Kier molecular flexibility index (Phi) is 19.3. The van der Waals surface area contributed by atoms with Gasteiger partial charge in [-0.05, 0) is 44.4 Å². The van der Waals surface area contributed by atoms with Crippen molar-refractivity contribution in [3.8, 4) is 0 Å². The number of carbonyl (C=O) groups excluding carboxylic acids is 1. The van der Waals surface area contributed by atoms with Gasteiger partial charge in [0.05, 0.1) is 12.6 Å². The van der Waals surface area contributed by atoms with Gasteiger partial charge in [-0.3, -0.25) is 4.79 Å². The van der Waals surface area contributed by atoms with Crippen LogP contribution in [0.4, 0.5) is 0 Å². The van der Waals surface area contributed by atoms with Gasteiger partial charge in [0.1, 0.15) is 0 Å². The van der Waals surface area contributed by atoms with Crippen LogP contribution < -0.4 is 5.32 Å². The Morgan fingerprint density at radius 2 is 1.37 bits per heavy atom. The lowest BCUT2D eigenvalue weighted by atomic mass is 10.0. The monoisotopic (exact) mass is 381 g/mol. The zero-order chi connectivity index (χ0) is 20.2. The van der Waals surface area contributed by atoms with Crippen LogP contribution in [0.15, 0.2) is 12.2 Å². The number of aliphatic hydroxyl groups is 1. The third-order valence-electron chi connectivity index (χ3n) is 5.01. The van der Waals surface area contributed by atoms with E-state index in [0.717, 1.165) is 19.3 Å². The van der Waals surface area contributed by atoms with Gasteiger partial charge in [-0.25, -0.2) is 0 Å². The average molecular weight is 382 g/mol. The Labute approximate surface area is 169 Å². The van der Waals surface area contributed by atoms with Gasteiger partial charge >= 0.3 is 0 Å². The van der Waals surface area contributed by atoms with Crippen LogP contribution in [0.25, 0.3) is 0 Å². The molecule has 0 saturated carbocycles. The van der Waals surface area contributed by atoms with Crippen LogP contribution in [0.3, 0.4) is 0 Å². The Morgan fingerprint density at radius 1 is 0.852 bits per heavy atom. The van der Waals surface area contributed by atoms with E-state index in [4.69, 9.17) is 0 Å². The lowest BCUT2D eigenvalue weighted by Crippen LogP contribution is -2.38. The number of unbranched alkanes of at least 4 members (excludes halogenated alkanes) is 11. The number of rotatable bonds is 19. The summed E-state index contributed by atoms with van der Waals surface area (Å²) < 4.78 is 0. The van der Waals surface area contributed by atoms with E-state index >= 15 is 0 Å². The van der Waals surface area contributed by atoms with E-state index in [1.807, 2.05) is 0 Å². The fourth-order valence-corrected chi connectivity index (χ4v) is 3.40. The molecular formula is C24H47NO2. The Hall–Kier alpha value is -0.830. The molecule has 0 rings (SSSR count). The van der Waals surface area contributed by atoms with Gasteiger partial charge in [-0.1, -0.05) is 84.3 Å². The van der Waals surface area contributed by atoms with Crippen LogP contribution in [0, 0.1) is 5.92 Å². The predicted molar refractivity (Wildman–Crippen MR) is 118 cm³/mol. The summed E-state index contributed by atoms with van der Waals surface area (Å²) in [7, 11) is 0. The number of amides is 1. The number of aliphatic hydroxyl groups excluding tert-OH is 1. The molecule has 0 aromatic carbocycles. The molecule has 3 heteroatoms. The van der Waals surface area contributed by atoms with E-state index in [1.54, 1.807) is 0 Å². The van der Waals surface area contributed by atoms with Crippen LogP contribution in [0.1, 0.15) is 117 Å². The van der Waals surface area contributed by atoms with E-state index in [-0.39, 0.29) is 18.6 Å². The zero-order valence-corrected chi connectivity index (χ0v) is 18.5. The minimum absolute atomic E-state index is 0.0380. The number of hydrogen-bond acceptors (Lipinski definition) is 2. The SMILES string of the molecule is CCCCCCCCC=CCCCCCCCC(=O)NC(CO)CC(C)C. The van der Waals surface area contributed by atoms with E-state index in [1.165, 1.54) is 70.6 Å². The predicted octanol–water partition coefficient (Wildman–Crippen LogP) is 6.55. The third-order valence-corrected chi connectivity index (χ3v) is 5.01. The molecule has 0 radical (unpaired) electrons. The molecule has 1 atom stereocenters. The van der Waals surface area contributed by atoms with Crippen LogP contribution in [0.2, 0.25) is 0 Å². The zero-order valence-electron chi connectivity index (χ0n) is 18.5. The Balaban J connectivity index is 3.39. The lowest BCUT2D eigenvalue weighted by molar-refractivity contribution is -0.122. The maximum Gasteiger partial charge on any atom is 0.220 e. The molecule has 0 spiro atoms. The van der Waals surface area contributed by atoms with E-state index < -0.39 is 0 Å². The first-order valence-electron chi connectivity index (χ1n) is 11.6. The summed E-state index contributed by atoms with van der Waals surface area (Å²) in [6.07, 6.45) is 22.7. The van der Waals surface area contributed by atoms with Crippen molar-refractivity contribution in [1.29, 1.82) is 0 Å². The smallest absolute Gasteiger partial charge is 0.220 e. The molecule has 0 aromatic rings. The maximum atomic E-state index is 11.9. The molecule has 0 heterocycles. The molecule has 0 fully saturated rings. The Morgan fingerprint density at radius 3 is 1.89 bits per heavy atom. The van der Waals surface area contributed by atoms with Gasteiger partial charge in [-0.2, -0.15) is 0 Å². The van der Waals surface area contributed by atoms with E-state index in [0.29, 0.717) is 12.3 Å². The second-order valence-corrected chi connectivity index (χ2v) is 8.41. The van der Waals surface area contributed by atoms with Gasteiger partial charge in [0, 0.05) is 6.42 Å². The van der Waals surface area contributed by atoms with Gasteiger partial charge in [0.25, 0.3) is 0 Å². The quantitative estimate of drug-likeness (QED) is 0.197. The summed E-state index contributed by atoms with van der Waals surface area (Å²) in [5.41, 5.74) is 0. The highest BCUT2D eigenvalue weighted by Gasteiger charge is 2.12. The van der Waals surface area contributed by atoms with Crippen molar-refractivity contribution in [3.05, 3.63) is 12.2 Å². The molecule has 0 aliphatic carbocycles. The molecule has 0 saturated heterocycles. The largest absolute Gasteiger partial charge is 0.394 e. The molecule has 27 heavy (non-hydrogen) atoms. The fourth-order valence-electron chi connectivity index (χ4n) is 3.40. The average Bonchev–Trinajstić information content (AvgIpc) is 2.64. The molecule has 3 nitrogen and oxygen atoms in total. The first kappa shape index (κ1) is 26.2. The van der Waals surface area contributed by atoms with Crippen LogP contribution in [-0.2, 0) is 4.79 Å². The molecule has 160 valence electrons. The summed E-state index contributed by atoms with van der Waals surface area (Å²) in [5, 5.41) is 12.3. The topological polar surface area (TPSA) is 49.3 Å². The molecule has 0 aliphatic rings.